The van der Waals surface area contributed by atoms with Crippen LogP contribution in [0.15, 0.2) is 0 Å². The summed E-state index contributed by atoms with van der Waals surface area (Å²) in [4.78, 5) is 33.4. The zero-order chi connectivity index (χ0) is 29.7. The standard InChI is InChI=1S/C27H50O13/c1-27(2,3)40-26(31)8-9-32-10-11-33-12-13-34-14-15-35-16-17-36-18-19-37-20-21-38-22-23-39-25(30)7-5-4-6-24(28)29/h4-23H2,1-3H3,(H,28,29). The third-order valence-corrected chi connectivity index (χ3v) is 4.61. The number of unbranched alkanes of at least 4 members (excludes halogenated alkanes) is 1. The Hall–Kier alpha value is -1.87. The van der Waals surface area contributed by atoms with Crippen molar-refractivity contribution in [2.45, 2.75) is 58.5 Å². The van der Waals surface area contributed by atoms with Crippen LogP contribution in [0.25, 0.3) is 0 Å². The first-order chi connectivity index (χ1) is 19.2. The third-order valence-electron chi connectivity index (χ3n) is 4.61. The summed E-state index contributed by atoms with van der Waals surface area (Å²) in [6.07, 6.45) is 1.45. The molecule has 0 aliphatic heterocycles. The molecule has 0 spiro atoms. The Kier molecular flexibility index (Phi) is 26.0. The smallest absolute Gasteiger partial charge is 0.308 e. The van der Waals surface area contributed by atoms with Crippen molar-refractivity contribution in [2.24, 2.45) is 0 Å². The van der Waals surface area contributed by atoms with Gasteiger partial charge in [0, 0.05) is 12.8 Å². The van der Waals surface area contributed by atoms with Gasteiger partial charge in [-0.25, -0.2) is 0 Å². The fraction of sp³-hybridized carbons (Fsp3) is 0.889. The van der Waals surface area contributed by atoms with Gasteiger partial charge in [-0.1, -0.05) is 0 Å². The van der Waals surface area contributed by atoms with Gasteiger partial charge in [-0.05, 0) is 33.6 Å². The molecule has 0 heterocycles. The highest BCUT2D eigenvalue weighted by Gasteiger charge is 2.15. The number of ether oxygens (including phenoxy) is 9. The van der Waals surface area contributed by atoms with E-state index in [2.05, 4.69) is 0 Å². The van der Waals surface area contributed by atoms with Crippen molar-refractivity contribution < 1.29 is 62.1 Å². The molecule has 0 saturated carbocycles. The Morgan fingerprint density at radius 2 is 0.825 bits per heavy atom. The average molecular weight is 583 g/mol. The van der Waals surface area contributed by atoms with Crippen molar-refractivity contribution in [1.29, 1.82) is 0 Å². The van der Waals surface area contributed by atoms with Crippen LogP contribution in [0.2, 0.25) is 0 Å². The van der Waals surface area contributed by atoms with Crippen LogP contribution in [0.3, 0.4) is 0 Å². The van der Waals surface area contributed by atoms with Crippen LogP contribution in [0.4, 0.5) is 0 Å². The van der Waals surface area contributed by atoms with Crippen molar-refractivity contribution in [1.82, 2.24) is 0 Å². The van der Waals surface area contributed by atoms with E-state index in [1.807, 2.05) is 20.8 Å². The third kappa shape index (κ3) is 32.3. The summed E-state index contributed by atoms with van der Waals surface area (Å²) in [6, 6.07) is 0. The number of carboxylic acid groups (broad SMARTS) is 1. The molecule has 0 unspecified atom stereocenters. The predicted octanol–water partition coefficient (Wildman–Crippen LogP) is 2.02. The maximum absolute atomic E-state index is 11.5. The second-order valence-electron chi connectivity index (χ2n) is 9.44. The van der Waals surface area contributed by atoms with Crippen molar-refractivity contribution in [3.8, 4) is 0 Å². The van der Waals surface area contributed by atoms with Gasteiger partial charge >= 0.3 is 17.9 Å². The minimum Gasteiger partial charge on any atom is -0.481 e. The van der Waals surface area contributed by atoms with E-state index in [-0.39, 0.29) is 44.4 Å². The summed E-state index contributed by atoms with van der Waals surface area (Å²) < 4.78 is 47.9. The first-order valence-electron chi connectivity index (χ1n) is 13.8. The lowest BCUT2D eigenvalue weighted by molar-refractivity contribution is -0.156. The highest BCUT2D eigenvalue weighted by molar-refractivity contribution is 5.70. The molecule has 0 fully saturated rings. The maximum atomic E-state index is 11.5. The predicted molar refractivity (Wildman–Crippen MR) is 143 cm³/mol. The number of carbonyl (C=O) groups is 3. The van der Waals surface area contributed by atoms with E-state index in [1.165, 1.54) is 0 Å². The second-order valence-corrected chi connectivity index (χ2v) is 9.44. The molecule has 0 atom stereocenters. The average Bonchev–Trinajstić information content (AvgIpc) is 2.88. The Morgan fingerprint density at radius 3 is 1.20 bits per heavy atom. The second kappa shape index (κ2) is 27.3. The number of hydrogen-bond donors (Lipinski definition) is 1. The van der Waals surface area contributed by atoms with E-state index in [1.54, 1.807) is 0 Å². The fourth-order valence-corrected chi connectivity index (χ4v) is 2.80. The van der Waals surface area contributed by atoms with Crippen molar-refractivity contribution in [3.05, 3.63) is 0 Å². The molecule has 0 aromatic heterocycles. The van der Waals surface area contributed by atoms with E-state index in [0.29, 0.717) is 98.7 Å². The van der Waals surface area contributed by atoms with Gasteiger partial charge in [-0.2, -0.15) is 0 Å². The number of aliphatic carboxylic acids is 1. The summed E-state index contributed by atoms with van der Waals surface area (Å²) in [6.45, 7) is 11.5. The summed E-state index contributed by atoms with van der Waals surface area (Å²) >= 11 is 0. The number of esters is 2. The highest BCUT2D eigenvalue weighted by Crippen LogP contribution is 2.08. The van der Waals surface area contributed by atoms with E-state index in [0.717, 1.165) is 0 Å². The number of hydrogen-bond acceptors (Lipinski definition) is 12. The van der Waals surface area contributed by atoms with E-state index in [9.17, 15) is 14.4 Å². The van der Waals surface area contributed by atoms with Gasteiger partial charge in [0.15, 0.2) is 0 Å². The SMILES string of the molecule is CC(C)(C)OC(=O)CCOCCOCCOCCOCCOCCOCCOCCOC(=O)CCCCC(=O)O. The molecule has 40 heavy (non-hydrogen) atoms. The van der Waals surface area contributed by atoms with E-state index < -0.39 is 11.6 Å². The van der Waals surface area contributed by atoms with E-state index in [4.69, 9.17) is 47.7 Å². The van der Waals surface area contributed by atoms with Crippen molar-refractivity contribution in [2.75, 3.05) is 99.1 Å². The largest absolute Gasteiger partial charge is 0.481 e. The molecular weight excluding hydrogens is 532 g/mol. The molecule has 0 amide bonds. The van der Waals surface area contributed by atoms with Gasteiger partial charge in [0.25, 0.3) is 0 Å². The topological polar surface area (TPSA) is 155 Å². The Bertz CT molecular complexity index is 622. The number of carbonyl (C=O) groups excluding carboxylic acids is 2. The fourth-order valence-electron chi connectivity index (χ4n) is 2.80. The summed E-state index contributed by atoms with van der Waals surface area (Å²) in [5, 5.41) is 8.53. The zero-order valence-corrected chi connectivity index (χ0v) is 24.5. The summed E-state index contributed by atoms with van der Waals surface area (Å²) in [5.41, 5.74) is -0.480. The van der Waals surface area contributed by atoms with Crippen LogP contribution in [0.1, 0.15) is 52.9 Å². The quantitative estimate of drug-likeness (QED) is 0.101. The summed E-state index contributed by atoms with van der Waals surface area (Å²) in [7, 11) is 0. The Labute approximate surface area is 238 Å². The first kappa shape index (κ1) is 38.1. The molecule has 0 aliphatic rings. The summed E-state index contributed by atoms with van der Waals surface area (Å²) in [5.74, 6) is -1.49. The molecule has 13 nitrogen and oxygen atoms in total. The number of carboxylic acids is 1. The van der Waals surface area contributed by atoms with Crippen LogP contribution >= 0.6 is 0 Å². The molecule has 0 saturated heterocycles. The van der Waals surface area contributed by atoms with Gasteiger partial charge < -0.3 is 47.7 Å². The van der Waals surface area contributed by atoms with Crippen molar-refractivity contribution >= 4 is 17.9 Å². The van der Waals surface area contributed by atoms with Crippen LogP contribution in [-0.4, -0.2) is 128 Å². The molecular formula is C27H50O13. The van der Waals surface area contributed by atoms with Gasteiger partial charge in [0.2, 0.25) is 0 Å². The van der Waals surface area contributed by atoms with Crippen LogP contribution in [0.5, 0.6) is 0 Å². The van der Waals surface area contributed by atoms with Crippen LogP contribution in [-0.2, 0) is 57.0 Å². The lowest BCUT2D eigenvalue weighted by Crippen LogP contribution is -2.24. The normalized spacial score (nSPS) is 11.5. The van der Waals surface area contributed by atoms with Gasteiger partial charge in [-0.3, -0.25) is 14.4 Å². The highest BCUT2D eigenvalue weighted by atomic mass is 16.6. The monoisotopic (exact) mass is 582 g/mol. The molecule has 13 heteroatoms. The first-order valence-corrected chi connectivity index (χ1v) is 13.8. The zero-order valence-electron chi connectivity index (χ0n) is 24.5. The molecule has 0 aromatic rings. The van der Waals surface area contributed by atoms with Gasteiger partial charge in [0.05, 0.1) is 98.9 Å². The van der Waals surface area contributed by atoms with Crippen LogP contribution < -0.4 is 0 Å². The molecule has 1 N–H and O–H groups in total. The molecule has 0 bridgehead atoms. The molecule has 0 aliphatic carbocycles. The lowest BCUT2D eigenvalue weighted by Gasteiger charge is -2.19. The van der Waals surface area contributed by atoms with Gasteiger partial charge in [-0.15, -0.1) is 0 Å². The molecule has 236 valence electrons. The molecule has 0 aromatic carbocycles. The maximum Gasteiger partial charge on any atom is 0.308 e. The number of rotatable bonds is 29. The minimum absolute atomic E-state index is 0.0587. The lowest BCUT2D eigenvalue weighted by atomic mass is 10.2. The molecule has 0 rings (SSSR count). The molecule has 0 radical (unpaired) electrons. The van der Waals surface area contributed by atoms with E-state index >= 15 is 0 Å². The van der Waals surface area contributed by atoms with Crippen LogP contribution in [0, 0.1) is 0 Å². The minimum atomic E-state index is -0.865. The van der Waals surface area contributed by atoms with Gasteiger partial charge in [0.1, 0.15) is 12.2 Å². The Balaban J connectivity index is 3.17. The Morgan fingerprint density at radius 1 is 0.475 bits per heavy atom. The van der Waals surface area contributed by atoms with Crippen molar-refractivity contribution in [3.63, 3.8) is 0 Å².